The third kappa shape index (κ3) is 42.5. The highest BCUT2D eigenvalue weighted by atomic mass is 16.5. The summed E-state index contributed by atoms with van der Waals surface area (Å²) in [6.45, 7) is 6.14. The van der Waals surface area contributed by atoms with E-state index < -0.39 is 18.2 Å². The first-order valence-corrected chi connectivity index (χ1v) is 24.0. The van der Waals surface area contributed by atoms with Gasteiger partial charge in [0.15, 0.2) is 0 Å². The van der Waals surface area contributed by atoms with Crippen molar-refractivity contribution in [3.8, 4) is 0 Å². The molecule has 0 saturated heterocycles. The van der Waals surface area contributed by atoms with Gasteiger partial charge >= 0.3 is 5.97 Å². The summed E-state index contributed by atoms with van der Waals surface area (Å²) in [5.41, 5.74) is 0. The summed E-state index contributed by atoms with van der Waals surface area (Å²) >= 11 is 0. The second kappa shape index (κ2) is 47.1. The number of hydrogen-bond acceptors (Lipinski definition) is 5. The first kappa shape index (κ1) is 57.0. The molecule has 0 aromatic heterocycles. The molecule has 0 aliphatic rings. The summed E-state index contributed by atoms with van der Waals surface area (Å²) < 4.78 is 5.83. The van der Waals surface area contributed by atoms with E-state index in [1.165, 1.54) is 44.9 Å². The van der Waals surface area contributed by atoms with Crippen molar-refractivity contribution in [3.63, 3.8) is 0 Å². The van der Waals surface area contributed by atoms with E-state index in [9.17, 15) is 19.8 Å². The molecular formula is C55H87NO5. The highest BCUT2D eigenvalue weighted by Crippen LogP contribution is 2.15. The molecule has 0 fully saturated rings. The van der Waals surface area contributed by atoms with Gasteiger partial charge in [-0.1, -0.05) is 219 Å². The standard InChI is InChI=1S/C55H87NO5/c1-4-7-10-13-16-19-22-24-25-26-27-28-29-31-33-36-39-42-45-48-55(60)61-51(46-43-40-37-34-32-30-23-20-17-14-11-8-5-2)49-54(59)56-52(50-57)53(58)47-44-41-38-35-21-18-15-12-9-6-3/h7-8,10-11,14,16-17,19-20,23-25,27-28,30-34,37,39,42,51-53,57-58H,4-6,9,12-13,15,18,21-22,26,29,35-36,38,40-41,43-50H2,1-3H3,(H,56,59)/b10-7-,11-8+,17-14+,19-16-,23-20-,25-24-,28-27-,32-30-,33-31-,37-34+,42-39-. The Bertz CT molecular complexity index is 1360. The second-order valence-corrected chi connectivity index (χ2v) is 15.5. The molecule has 3 atom stereocenters. The Labute approximate surface area is 373 Å². The van der Waals surface area contributed by atoms with E-state index in [0.29, 0.717) is 19.3 Å². The Hall–Kier alpha value is -4.00. The number of carbonyl (C=O) groups is 2. The maximum absolute atomic E-state index is 13.1. The lowest BCUT2D eigenvalue weighted by atomic mass is 10.0. The van der Waals surface area contributed by atoms with Gasteiger partial charge in [0.05, 0.1) is 25.2 Å². The van der Waals surface area contributed by atoms with Crippen molar-refractivity contribution in [2.75, 3.05) is 6.61 Å². The van der Waals surface area contributed by atoms with Crippen LogP contribution in [0.15, 0.2) is 134 Å². The molecule has 0 heterocycles. The van der Waals surface area contributed by atoms with Crippen molar-refractivity contribution >= 4 is 11.9 Å². The molecule has 6 nitrogen and oxygen atoms in total. The second-order valence-electron chi connectivity index (χ2n) is 15.5. The van der Waals surface area contributed by atoms with Gasteiger partial charge in [-0.05, 0) is 77.0 Å². The third-order valence-corrected chi connectivity index (χ3v) is 9.87. The monoisotopic (exact) mass is 842 g/mol. The largest absolute Gasteiger partial charge is 0.462 e. The molecule has 3 N–H and O–H groups in total. The molecule has 3 unspecified atom stereocenters. The van der Waals surface area contributed by atoms with Gasteiger partial charge < -0.3 is 20.3 Å². The smallest absolute Gasteiger partial charge is 0.306 e. The SMILES string of the molecule is CC/C=C\C/C=C\C/C=C\C/C=C\C/C=C\C/C=C\CCC(=O)OC(CCC/C=C/C=C\C=C/C=C/C=C/CC)CC(=O)NC(CO)C(O)CCCCCCCCCCCC. The number of nitrogens with one attached hydrogen (secondary N) is 1. The topological polar surface area (TPSA) is 95.9 Å². The number of amides is 1. The van der Waals surface area contributed by atoms with Crippen LogP contribution in [-0.2, 0) is 14.3 Å². The first-order valence-electron chi connectivity index (χ1n) is 24.0. The molecule has 0 aromatic rings. The minimum atomic E-state index is -0.827. The zero-order chi connectivity index (χ0) is 44.5. The third-order valence-electron chi connectivity index (χ3n) is 9.87. The molecule has 61 heavy (non-hydrogen) atoms. The van der Waals surface area contributed by atoms with Gasteiger partial charge in [0.1, 0.15) is 6.10 Å². The van der Waals surface area contributed by atoms with Crippen LogP contribution in [0.1, 0.15) is 175 Å². The van der Waals surface area contributed by atoms with Crippen molar-refractivity contribution in [1.29, 1.82) is 0 Å². The summed E-state index contributed by atoms with van der Waals surface area (Å²) in [7, 11) is 0. The van der Waals surface area contributed by atoms with E-state index in [1.54, 1.807) is 0 Å². The molecule has 342 valence electrons. The zero-order valence-electron chi connectivity index (χ0n) is 38.7. The number of carbonyl (C=O) groups excluding carboxylic acids is 2. The van der Waals surface area contributed by atoms with Crippen LogP contribution < -0.4 is 5.32 Å². The van der Waals surface area contributed by atoms with E-state index in [0.717, 1.165) is 77.0 Å². The highest BCUT2D eigenvalue weighted by molar-refractivity contribution is 5.77. The lowest BCUT2D eigenvalue weighted by molar-refractivity contribution is -0.150. The van der Waals surface area contributed by atoms with Gasteiger partial charge in [-0.25, -0.2) is 0 Å². The summed E-state index contributed by atoms with van der Waals surface area (Å²) in [5, 5.41) is 23.6. The fraction of sp³-hybridized carbons (Fsp3) is 0.564. The van der Waals surface area contributed by atoms with E-state index >= 15 is 0 Å². The van der Waals surface area contributed by atoms with Crippen molar-refractivity contribution in [3.05, 3.63) is 134 Å². The normalized spacial score (nSPS) is 14.5. The summed E-state index contributed by atoms with van der Waals surface area (Å²) in [6, 6.07) is -0.748. The van der Waals surface area contributed by atoms with Gasteiger partial charge in [0.2, 0.25) is 5.91 Å². The molecule has 0 spiro atoms. The van der Waals surface area contributed by atoms with Gasteiger partial charge in [-0.15, -0.1) is 0 Å². The number of esters is 1. The zero-order valence-corrected chi connectivity index (χ0v) is 38.7. The van der Waals surface area contributed by atoms with Crippen LogP contribution in [0.4, 0.5) is 0 Å². The first-order chi connectivity index (χ1) is 30.0. The fourth-order valence-electron chi connectivity index (χ4n) is 6.30. The lowest BCUT2D eigenvalue weighted by Gasteiger charge is -2.24. The number of unbranched alkanes of at least 4 members (excludes halogenated alkanes) is 10. The minimum Gasteiger partial charge on any atom is -0.462 e. The fourth-order valence-corrected chi connectivity index (χ4v) is 6.30. The van der Waals surface area contributed by atoms with Gasteiger partial charge in [0, 0.05) is 6.42 Å². The Balaban J connectivity index is 4.84. The number of aliphatic hydroxyl groups excluding tert-OH is 2. The number of allylic oxidation sites excluding steroid dienone is 22. The summed E-state index contributed by atoms with van der Waals surface area (Å²) in [5.74, 6) is -0.665. The quantitative estimate of drug-likeness (QED) is 0.0247. The molecular weight excluding hydrogens is 755 g/mol. The molecule has 0 aliphatic heterocycles. The minimum absolute atomic E-state index is 0.0114. The van der Waals surface area contributed by atoms with Crippen molar-refractivity contribution < 1.29 is 24.5 Å². The van der Waals surface area contributed by atoms with Crippen LogP contribution >= 0.6 is 0 Å². The average molecular weight is 842 g/mol. The van der Waals surface area contributed by atoms with Gasteiger partial charge in [-0.3, -0.25) is 9.59 Å². The van der Waals surface area contributed by atoms with Crippen molar-refractivity contribution in [2.24, 2.45) is 0 Å². The van der Waals surface area contributed by atoms with Crippen molar-refractivity contribution in [1.82, 2.24) is 5.32 Å². The molecule has 0 aromatic carbocycles. The van der Waals surface area contributed by atoms with E-state index in [1.807, 2.05) is 54.7 Å². The molecule has 0 rings (SSSR count). The molecule has 0 bridgehead atoms. The Morgan fingerprint density at radius 2 is 0.967 bits per heavy atom. The molecule has 1 amide bonds. The van der Waals surface area contributed by atoms with Gasteiger partial charge in [0.25, 0.3) is 0 Å². The number of ether oxygens (including phenoxy) is 1. The summed E-state index contributed by atoms with van der Waals surface area (Å²) in [6.07, 6.45) is 66.7. The maximum atomic E-state index is 13.1. The number of hydrogen-bond donors (Lipinski definition) is 3. The Kier molecular flexibility index (Phi) is 44.0. The Morgan fingerprint density at radius 3 is 1.48 bits per heavy atom. The number of rotatable bonds is 40. The number of aliphatic hydroxyl groups is 2. The summed E-state index contributed by atoms with van der Waals surface area (Å²) in [4.78, 5) is 26.0. The van der Waals surface area contributed by atoms with Crippen LogP contribution in [-0.4, -0.2) is 46.9 Å². The molecule has 0 radical (unpaired) electrons. The lowest BCUT2D eigenvalue weighted by Crippen LogP contribution is -2.46. The van der Waals surface area contributed by atoms with Gasteiger partial charge in [-0.2, -0.15) is 0 Å². The van der Waals surface area contributed by atoms with E-state index in [-0.39, 0.29) is 31.3 Å². The molecule has 0 aliphatic carbocycles. The van der Waals surface area contributed by atoms with Crippen LogP contribution in [0.3, 0.4) is 0 Å². The van der Waals surface area contributed by atoms with Crippen LogP contribution in [0.2, 0.25) is 0 Å². The predicted octanol–water partition coefficient (Wildman–Crippen LogP) is 14.3. The Morgan fingerprint density at radius 1 is 0.508 bits per heavy atom. The predicted molar refractivity (Wildman–Crippen MR) is 263 cm³/mol. The van der Waals surface area contributed by atoms with E-state index in [2.05, 4.69) is 105 Å². The van der Waals surface area contributed by atoms with Crippen LogP contribution in [0.25, 0.3) is 0 Å². The van der Waals surface area contributed by atoms with Crippen molar-refractivity contribution in [2.45, 2.75) is 193 Å². The molecule has 6 heteroatoms. The van der Waals surface area contributed by atoms with E-state index in [4.69, 9.17) is 4.74 Å². The van der Waals surface area contributed by atoms with Crippen LogP contribution in [0.5, 0.6) is 0 Å². The maximum Gasteiger partial charge on any atom is 0.306 e. The van der Waals surface area contributed by atoms with Crippen LogP contribution in [0, 0.1) is 0 Å². The molecule has 0 saturated carbocycles. The average Bonchev–Trinajstić information content (AvgIpc) is 3.25. The highest BCUT2D eigenvalue weighted by Gasteiger charge is 2.23.